The van der Waals surface area contributed by atoms with Gasteiger partial charge >= 0.3 is 5.97 Å². The van der Waals surface area contributed by atoms with Crippen LogP contribution in [-0.4, -0.2) is 41.8 Å². The average Bonchev–Trinajstić information content (AvgIpc) is 3.09. The SMILES string of the molecule is Cc1onc(-c2ccccc2)c1-c1ccc(S(=O)(=O)NC(=O)C(O)C(=O)O)cc1. The third-order valence-corrected chi connectivity index (χ3v) is 5.44. The molecular weight excluding hydrogens is 400 g/mol. The van der Waals surface area contributed by atoms with Crippen LogP contribution in [0.25, 0.3) is 22.4 Å². The number of benzene rings is 2. The molecule has 3 rings (SSSR count). The van der Waals surface area contributed by atoms with Gasteiger partial charge in [0, 0.05) is 5.56 Å². The maximum absolute atomic E-state index is 12.3. The second-order valence-electron chi connectivity index (χ2n) is 6.06. The van der Waals surface area contributed by atoms with Crippen molar-refractivity contribution < 1.29 is 32.7 Å². The van der Waals surface area contributed by atoms with Crippen molar-refractivity contribution in [2.45, 2.75) is 17.9 Å². The Morgan fingerprint density at radius 3 is 2.24 bits per heavy atom. The zero-order chi connectivity index (χ0) is 21.2. The molecule has 10 heteroatoms. The zero-order valence-electron chi connectivity index (χ0n) is 15.1. The third-order valence-electron chi connectivity index (χ3n) is 4.08. The van der Waals surface area contributed by atoms with Crippen LogP contribution in [0.4, 0.5) is 0 Å². The number of hydrogen-bond acceptors (Lipinski definition) is 7. The molecule has 1 heterocycles. The first-order valence-corrected chi connectivity index (χ1v) is 9.78. The minimum Gasteiger partial charge on any atom is -0.479 e. The number of carboxylic acids is 1. The fraction of sp³-hybridized carbons (Fsp3) is 0.105. The van der Waals surface area contributed by atoms with Gasteiger partial charge in [-0.3, -0.25) is 4.79 Å². The Kier molecular flexibility index (Phi) is 5.48. The molecule has 2 aromatic carbocycles. The van der Waals surface area contributed by atoms with E-state index in [1.807, 2.05) is 30.3 Å². The minimum atomic E-state index is -4.36. The van der Waals surface area contributed by atoms with Crippen LogP contribution in [0.2, 0.25) is 0 Å². The van der Waals surface area contributed by atoms with Crippen molar-refractivity contribution in [1.82, 2.24) is 9.88 Å². The lowest BCUT2D eigenvalue weighted by molar-refractivity contribution is -0.152. The summed E-state index contributed by atoms with van der Waals surface area (Å²) in [5.41, 5.74) is 2.74. The van der Waals surface area contributed by atoms with Gasteiger partial charge in [-0.2, -0.15) is 0 Å². The zero-order valence-corrected chi connectivity index (χ0v) is 15.9. The highest BCUT2D eigenvalue weighted by Crippen LogP contribution is 2.34. The number of aryl methyl sites for hydroxylation is 1. The van der Waals surface area contributed by atoms with E-state index in [-0.39, 0.29) is 4.90 Å². The van der Waals surface area contributed by atoms with Crippen LogP contribution in [0.5, 0.6) is 0 Å². The van der Waals surface area contributed by atoms with E-state index in [4.69, 9.17) is 14.7 Å². The summed E-state index contributed by atoms with van der Waals surface area (Å²) in [5.74, 6) is -2.87. The van der Waals surface area contributed by atoms with Crippen molar-refractivity contribution >= 4 is 21.9 Å². The summed E-state index contributed by atoms with van der Waals surface area (Å²) in [6.07, 6.45) is -2.49. The fourth-order valence-electron chi connectivity index (χ4n) is 2.67. The first kappa shape index (κ1) is 20.2. The molecular formula is C19H16N2O7S. The molecule has 0 radical (unpaired) electrons. The van der Waals surface area contributed by atoms with Gasteiger partial charge in [0.25, 0.3) is 15.9 Å². The van der Waals surface area contributed by atoms with Gasteiger partial charge in [0.2, 0.25) is 6.10 Å². The molecule has 1 atom stereocenters. The van der Waals surface area contributed by atoms with E-state index in [2.05, 4.69) is 5.16 Å². The summed E-state index contributed by atoms with van der Waals surface area (Å²) < 4.78 is 31.3. The van der Waals surface area contributed by atoms with E-state index in [1.54, 1.807) is 6.92 Å². The molecule has 1 aromatic heterocycles. The van der Waals surface area contributed by atoms with Gasteiger partial charge in [-0.05, 0) is 24.6 Å². The second kappa shape index (κ2) is 7.86. The van der Waals surface area contributed by atoms with Crippen LogP contribution in [0.1, 0.15) is 5.76 Å². The molecule has 0 saturated heterocycles. The van der Waals surface area contributed by atoms with Crippen LogP contribution in [-0.2, 0) is 19.6 Å². The quantitative estimate of drug-likeness (QED) is 0.513. The fourth-order valence-corrected chi connectivity index (χ4v) is 3.65. The minimum absolute atomic E-state index is 0.275. The molecule has 3 N–H and O–H groups in total. The van der Waals surface area contributed by atoms with Crippen molar-refractivity contribution in [2.75, 3.05) is 0 Å². The largest absolute Gasteiger partial charge is 0.479 e. The number of carbonyl (C=O) groups excluding carboxylic acids is 1. The molecule has 0 fully saturated rings. The highest BCUT2D eigenvalue weighted by Gasteiger charge is 2.28. The Morgan fingerprint density at radius 1 is 1.03 bits per heavy atom. The second-order valence-corrected chi connectivity index (χ2v) is 7.75. The number of carboxylic acid groups (broad SMARTS) is 1. The summed E-state index contributed by atoms with van der Waals surface area (Å²) in [4.78, 5) is 21.9. The number of aromatic nitrogens is 1. The van der Waals surface area contributed by atoms with E-state index in [9.17, 15) is 18.0 Å². The molecule has 1 amide bonds. The maximum Gasteiger partial charge on any atom is 0.342 e. The van der Waals surface area contributed by atoms with Crippen molar-refractivity contribution in [2.24, 2.45) is 0 Å². The van der Waals surface area contributed by atoms with Gasteiger partial charge in [0.1, 0.15) is 11.5 Å². The van der Waals surface area contributed by atoms with Crippen LogP contribution in [0.3, 0.4) is 0 Å². The Hall–Kier alpha value is -3.50. The van der Waals surface area contributed by atoms with Crippen LogP contribution in [0.15, 0.2) is 64.0 Å². The number of aliphatic hydroxyl groups is 1. The molecule has 0 spiro atoms. The number of aliphatic carboxylic acids is 1. The smallest absolute Gasteiger partial charge is 0.342 e. The number of nitrogens with zero attached hydrogens (tertiary/aromatic N) is 1. The monoisotopic (exact) mass is 416 g/mol. The first-order valence-electron chi connectivity index (χ1n) is 8.30. The number of aliphatic hydroxyl groups excluding tert-OH is 1. The van der Waals surface area contributed by atoms with Gasteiger partial charge in [0.15, 0.2) is 0 Å². The highest BCUT2D eigenvalue weighted by molar-refractivity contribution is 7.90. The predicted octanol–water partition coefficient (Wildman–Crippen LogP) is 1.57. The number of carbonyl (C=O) groups is 2. The predicted molar refractivity (Wildman–Crippen MR) is 101 cm³/mol. The summed E-state index contributed by atoms with van der Waals surface area (Å²) >= 11 is 0. The molecule has 3 aromatic rings. The molecule has 0 aliphatic rings. The van der Waals surface area contributed by atoms with Gasteiger partial charge in [-0.1, -0.05) is 47.6 Å². The summed E-state index contributed by atoms with van der Waals surface area (Å²) in [5, 5.41) is 21.8. The third kappa shape index (κ3) is 4.18. The van der Waals surface area contributed by atoms with Crippen LogP contribution in [0, 0.1) is 6.92 Å². The molecule has 29 heavy (non-hydrogen) atoms. The highest BCUT2D eigenvalue weighted by atomic mass is 32.2. The first-order chi connectivity index (χ1) is 13.7. The topological polar surface area (TPSA) is 147 Å². The lowest BCUT2D eigenvalue weighted by Crippen LogP contribution is -2.42. The number of sulfonamides is 1. The standard InChI is InChI=1S/C19H16N2O7S/c1-11-15(16(20-28-11)13-5-3-2-4-6-13)12-7-9-14(10-8-12)29(26,27)21-18(23)17(22)19(24)25/h2-10,17,22H,1H3,(H,21,23)(H,24,25). The number of hydrogen-bond donors (Lipinski definition) is 3. The molecule has 0 aliphatic heterocycles. The van der Waals surface area contributed by atoms with Gasteiger partial charge in [-0.15, -0.1) is 0 Å². The molecule has 0 saturated carbocycles. The Bertz CT molecular complexity index is 1150. The molecule has 9 nitrogen and oxygen atoms in total. The van der Waals surface area contributed by atoms with Crippen molar-refractivity contribution in [3.8, 4) is 22.4 Å². The molecule has 1 unspecified atom stereocenters. The van der Waals surface area contributed by atoms with Gasteiger partial charge in [-0.25, -0.2) is 17.9 Å². The van der Waals surface area contributed by atoms with E-state index < -0.39 is 28.0 Å². The Labute approximate surface area is 165 Å². The van der Waals surface area contributed by atoms with E-state index in [1.165, 1.54) is 29.0 Å². The summed E-state index contributed by atoms with van der Waals surface area (Å²) in [7, 11) is -4.36. The van der Waals surface area contributed by atoms with E-state index in [0.29, 0.717) is 22.6 Å². The van der Waals surface area contributed by atoms with E-state index in [0.717, 1.165) is 5.56 Å². The lowest BCUT2D eigenvalue weighted by atomic mass is 10.00. The normalized spacial score (nSPS) is 12.3. The summed E-state index contributed by atoms with van der Waals surface area (Å²) in [6.45, 7) is 1.73. The molecule has 150 valence electrons. The average molecular weight is 416 g/mol. The van der Waals surface area contributed by atoms with Gasteiger partial charge in [0.05, 0.1) is 10.5 Å². The maximum atomic E-state index is 12.3. The van der Waals surface area contributed by atoms with Crippen LogP contribution < -0.4 is 4.72 Å². The number of nitrogens with one attached hydrogen (secondary N) is 1. The molecule has 0 aliphatic carbocycles. The van der Waals surface area contributed by atoms with Crippen molar-refractivity contribution in [1.29, 1.82) is 0 Å². The van der Waals surface area contributed by atoms with Gasteiger partial charge < -0.3 is 14.7 Å². The summed E-state index contributed by atoms with van der Waals surface area (Å²) in [6, 6.07) is 14.8. The number of amides is 1. The molecule has 0 bridgehead atoms. The lowest BCUT2D eigenvalue weighted by Gasteiger charge is -2.09. The van der Waals surface area contributed by atoms with Crippen LogP contribution >= 0.6 is 0 Å². The Morgan fingerprint density at radius 2 is 1.66 bits per heavy atom. The van der Waals surface area contributed by atoms with E-state index >= 15 is 0 Å². The van der Waals surface area contributed by atoms with Crippen molar-refractivity contribution in [3.05, 3.63) is 60.4 Å². The Balaban J connectivity index is 1.91. The van der Waals surface area contributed by atoms with Crippen molar-refractivity contribution in [3.63, 3.8) is 0 Å². The number of rotatable bonds is 6.